The number of anilines is 2. The van der Waals surface area contributed by atoms with Crippen molar-refractivity contribution in [3.05, 3.63) is 23.8 Å². The minimum Gasteiger partial charge on any atom is -0.352 e. The lowest BCUT2D eigenvalue weighted by Gasteiger charge is -2.31. The molecule has 8 nitrogen and oxygen atoms in total. The monoisotopic (exact) mass is 424 g/mol. The molecule has 2 rings (SSSR count). The number of benzene rings is 1. The minimum atomic E-state index is -3.54. The molecule has 1 aliphatic carbocycles. The summed E-state index contributed by atoms with van der Waals surface area (Å²) in [5.74, 6) is -0.658. The molecule has 0 bridgehead atoms. The molecule has 3 N–H and O–H groups in total. The molecule has 0 aliphatic heterocycles. The SMILES string of the molecule is CC(=O)Nc1ccc(NS(C)(=O)=O)c(C(=O)NCCCN(C)C2CCCCC2)c1. The van der Waals surface area contributed by atoms with Crippen LogP contribution in [0.2, 0.25) is 0 Å². The molecule has 0 aromatic heterocycles. The number of rotatable bonds is 9. The smallest absolute Gasteiger partial charge is 0.253 e. The molecule has 0 spiro atoms. The van der Waals surface area contributed by atoms with E-state index in [1.165, 1.54) is 51.2 Å². The van der Waals surface area contributed by atoms with Crippen molar-refractivity contribution in [2.45, 2.75) is 51.5 Å². The van der Waals surface area contributed by atoms with Gasteiger partial charge in [0.2, 0.25) is 15.9 Å². The number of sulfonamides is 1. The van der Waals surface area contributed by atoms with Crippen LogP contribution in [0.4, 0.5) is 11.4 Å². The van der Waals surface area contributed by atoms with Crippen molar-refractivity contribution in [1.29, 1.82) is 0 Å². The Bertz CT molecular complexity index is 820. The average molecular weight is 425 g/mol. The first kappa shape index (κ1) is 23.2. The van der Waals surface area contributed by atoms with Gasteiger partial charge in [-0.3, -0.25) is 14.3 Å². The first-order valence-corrected chi connectivity index (χ1v) is 11.9. The van der Waals surface area contributed by atoms with E-state index < -0.39 is 10.0 Å². The zero-order valence-electron chi connectivity index (χ0n) is 17.5. The Labute approximate surface area is 173 Å². The van der Waals surface area contributed by atoms with E-state index in [1.54, 1.807) is 6.07 Å². The maximum atomic E-state index is 12.7. The van der Waals surface area contributed by atoms with Gasteiger partial charge in [-0.1, -0.05) is 19.3 Å². The quantitative estimate of drug-likeness (QED) is 0.528. The van der Waals surface area contributed by atoms with Crippen LogP contribution in [0.5, 0.6) is 0 Å². The van der Waals surface area contributed by atoms with Gasteiger partial charge in [0.1, 0.15) is 0 Å². The summed E-state index contributed by atoms with van der Waals surface area (Å²) in [6.07, 6.45) is 8.19. The van der Waals surface area contributed by atoms with Crippen molar-refractivity contribution in [2.24, 2.45) is 0 Å². The topological polar surface area (TPSA) is 108 Å². The normalized spacial score (nSPS) is 15.2. The molecule has 29 heavy (non-hydrogen) atoms. The first-order valence-electron chi connectivity index (χ1n) is 10.0. The number of hydrogen-bond donors (Lipinski definition) is 3. The molecule has 0 radical (unpaired) electrons. The summed E-state index contributed by atoms with van der Waals surface area (Å²) < 4.78 is 25.6. The van der Waals surface area contributed by atoms with Gasteiger partial charge >= 0.3 is 0 Å². The van der Waals surface area contributed by atoms with Crippen LogP contribution in [0.25, 0.3) is 0 Å². The molecule has 0 heterocycles. The van der Waals surface area contributed by atoms with E-state index in [9.17, 15) is 18.0 Å². The second-order valence-electron chi connectivity index (χ2n) is 7.70. The molecule has 0 saturated heterocycles. The van der Waals surface area contributed by atoms with Crippen molar-refractivity contribution < 1.29 is 18.0 Å². The number of amides is 2. The Morgan fingerprint density at radius 1 is 1.17 bits per heavy atom. The maximum absolute atomic E-state index is 12.7. The van der Waals surface area contributed by atoms with E-state index in [-0.39, 0.29) is 23.1 Å². The number of nitrogens with one attached hydrogen (secondary N) is 3. The number of nitrogens with zero attached hydrogens (tertiary/aromatic N) is 1. The molecule has 1 aromatic carbocycles. The second kappa shape index (κ2) is 10.6. The molecular formula is C20H32N4O4S. The van der Waals surface area contributed by atoms with Gasteiger partial charge < -0.3 is 15.5 Å². The van der Waals surface area contributed by atoms with E-state index in [0.717, 1.165) is 19.2 Å². The fraction of sp³-hybridized carbons (Fsp3) is 0.600. The zero-order chi connectivity index (χ0) is 21.4. The third kappa shape index (κ3) is 8.02. The van der Waals surface area contributed by atoms with Crippen LogP contribution >= 0.6 is 0 Å². The standard InChI is InChI=1S/C20H32N4O4S/c1-15(25)22-16-10-11-19(23-29(3,27)28)18(14-16)20(26)21-12-7-13-24(2)17-8-5-4-6-9-17/h10-11,14,17,23H,4-9,12-13H2,1-3H3,(H,21,26)(H,22,25). The summed E-state index contributed by atoms with van der Waals surface area (Å²) in [5.41, 5.74) is 0.777. The van der Waals surface area contributed by atoms with Crippen molar-refractivity contribution in [3.8, 4) is 0 Å². The van der Waals surface area contributed by atoms with Gasteiger partial charge in [0, 0.05) is 25.2 Å². The predicted molar refractivity (Wildman–Crippen MR) is 116 cm³/mol. The molecule has 0 unspecified atom stereocenters. The molecule has 0 atom stereocenters. The summed E-state index contributed by atoms with van der Waals surface area (Å²) in [6.45, 7) is 2.75. The number of carbonyl (C=O) groups excluding carboxylic acids is 2. The Morgan fingerprint density at radius 2 is 1.86 bits per heavy atom. The van der Waals surface area contributed by atoms with Gasteiger partial charge in [0.25, 0.3) is 5.91 Å². The molecule has 1 fully saturated rings. The van der Waals surface area contributed by atoms with E-state index in [0.29, 0.717) is 18.3 Å². The number of carbonyl (C=O) groups is 2. The molecule has 1 saturated carbocycles. The van der Waals surface area contributed by atoms with Crippen LogP contribution in [0.3, 0.4) is 0 Å². The molecule has 2 amide bonds. The zero-order valence-corrected chi connectivity index (χ0v) is 18.3. The third-order valence-electron chi connectivity index (χ3n) is 5.05. The lowest BCUT2D eigenvalue weighted by Crippen LogP contribution is -2.36. The summed E-state index contributed by atoms with van der Waals surface area (Å²) >= 11 is 0. The first-order chi connectivity index (χ1) is 13.7. The summed E-state index contributed by atoms with van der Waals surface area (Å²) in [4.78, 5) is 26.3. The highest BCUT2D eigenvalue weighted by Crippen LogP contribution is 2.23. The summed E-state index contributed by atoms with van der Waals surface area (Å²) in [5, 5.41) is 5.46. The van der Waals surface area contributed by atoms with E-state index in [4.69, 9.17) is 0 Å². The van der Waals surface area contributed by atoms with Gasteiger partial charge in [0.15, 0.2) is 0 Å². The van der Waals surface area contributed by atoms with Crippen molar-refractivity contribution in [1.82, 2.24) is 10.2 Å². The van der Waals surface area contributed by atoms with Crippen LogP contribution in [-0.4, -0.2) is 57.6 Å². The van der Waals surface area contributed by atoms with Crippen LogP contribution < -0.4 is 15.4 Å². The molecule has 1 aromatic rings. The lowest BCUT2D eigenvalue weighted by molar-refractivity contribution is -0.114. The van der Waals surface area contributed by atoms with Crippen LogP contribution in [0.15, 0.2) is 18.2 Å². The summed E-state index contributed by atoms with van der Waals surface area (Å²) in [7, 11) is -1.41. The van der Waals surface area contributed by atoms with Crippen molar-refractivity contribution in [2.75, 3.05) is 36.4 Å². The average Bonchev–Trinajstić information content (AvgIpc) is 2.65. The predicted octanol–water partition coefficient (Wildman–Crippen LogP) is 2.40. The van der Waals surface area contributed by atoms with Crippen molar-refractivity contribution >= 4 is 33.2 Å². The number of hydrogen-bond acceptors (Lipinski definition) is 5. The van der Waals surface area contributed by atoms with Gasteiger partial charge in [-0.05, 0) is 51.1 Å². The Kier molecular flexibility index (Phi) is 8.45. The van der Waals surface area contributed by atoms with Crippen LogP contribution in [0, 0.1) is 0 Å². The van der Waals surface area contributed by atoms with E-state index in [1.807, 2.05) is 0 Å². The summed E-state index contributed by atoms with van der Waals surface area (Å²) in [6, 6.07) is 5.11. The fourth-order valence-electron chi connectivity index (χ4n) is 3.63. The molecular weight excluding hydrogens is 392 g/mol. The molecule has 162 valence electrons. The largest absolute Gasteiger partial charge is 0.352 e. The van der Waals surface area contributed by atoms with E-state index in [2.05, 4.69) is 27.3 Å². The minimum absolute atomic E-state index is 0.169. The van der Waals surface area contributed by atoms with Gasteiger partial charge in [-0.25, -0.2) is 8.42 Å². The fourth-order valence-corrected chi connectivity index (χ4v) is 4.21. The molecule has 9 heteroatoms. The Morgan fingerprint density at radius 3 is 2.48 bits per heavy atom. The molecule has 1 aliphatic rings. The second-order valence-corrected chi connectivity index (χ2v) is 9.45. The van der Waals surface area contributed by atoms with Crippen LogP contribution in [0.1, 0.15) is 55.8 Å². The lowest BCUT2D eigenvalue weighted by atomic mass is 9.94. The van der Waals surface area contributed by atoms with Crippen molar-refractivity contribution in [3.63, 3.8) is 0 Å². The highest BCUT2D eigenvalue weighted by molar-refractivity contribution is 7.92. The Hall–Kier alpha value is -2.13. The van der Waals surface area contributed by atoms with Gasteiger partial charge in [-0.15, -0.1) is 0 Å². The third-order valence-corrected chi connectivity index (χ3v) is 5.64. The van der Waals surface area contributed by atoms with Gasteiger partial charge in [-0.2, -0.15) is 0 Å². The van der Waals surface area contributed by atoms with E-state index >= 15 is 0 Å². The highest BCUT2D eigenvalue weighted by Gasteiger charge is 2.18. The van der Waals surface area contributed by atoms with Crippen LogP contribution in [-0.2, 0) is 14.8 Å². The highest BCUT2D eigenvalue weighted by atomic mass is 32.2. The Balaban J connectivity index is 1.96. The van der Waals surface area contributed by atoms with Gasteiger partial charge in [0.05, 0.1) is 17.5 Å². The maximum Gasteiger partial charge on any atom is 0.253 e.